The normalized spacial score (nSPS) is 13.6. The molecule has 0 aliphatic heterocycles. The quantitative estimate of drug-likeness (QED) is 0.0195. The Morgan fingerprint density at radius 2 is 0.679 bits per heavy atom. The monoisotopic (exact) mass is 1200 g/mol. The number of esters is 2. The number of rotatable bonds is 65. The lowest BCUT2D eigenvalue weighted by atomic mass is 10.0. The van der Waals surface area contributed by atoms with E-state index in [1.54, 1.807) is 0 Å². The van der Waals surface area contributed by atoms with Crippen LogP contribution < -0.4 is 4.89 Å². The van der Waals surface area contributed by atoms with Crippen LogP contribution in [-0.4, -0.2) is 70.0 Å². The van der Waals surface area contributed by atoms with E-state index >= 15 is 0 Å². The van der Waals surface area contributed by atoms with Crippen molar-refractivity contribution in [1.82, 2.24) is 0 Å². The van der Waals surface area contributed by atoms with Crippen LogP contribution in [0, 0.1) is 0 Å². The zero-order valence-electron chi connectivity index (χ0n) is 55.6. The number of hydrogen-bond donors (Lipinski definition) is 0. The summed E-state index contributed by atoms with van der Waals surface area (Å²) in [7, 11) is 1.17. The lowest BCUT2D eigenvalue weighted by molar-refractivity contribution is -0.870. The Kier molecular flexibility index (Phi) is 62.5. The average molecular weight is 1200 g/mol. The first-order valence-corrected chi connectivity index (χ1v) is 36.8. The van der Waals surface area contributed by atoms with Crippen molar-refractivity contribution in [3.8, 4) is 0 Å². The molecule has 0 spiro atoms. The van der Waals surface area contributed by atoms with Crippen molar-refractivity contribution in [3.05, 3.63) is 85.1 Å². The minimum atomic E-state index is -4.64. The van der Waals surface area contributed by atoms with Gasteiger partial charge in [0.05, 0.1) is 27.7 Å². The molecule has 0 bridgehead atoms. The maximum atomic E-state index is 12.9. The van der Waals surface area contributed by atoms with Crippen molar-refractivity contribution in [2.45, 2.75) is 328 Å². The zero-order chi connectivity index (χ0) is 61.2. The third kappa shape index (κ3) is 68.3. The number of carbonyl (C=O) groups excluding carboxylic acids is 2. The van der Waals surface area contributed by atoms with E-state index in [1.165, 1.54) is 218 Å². The van der Waals surface area contributed by atoms with Gasteiger partial charge in [-0.1, -0.05) is 304 Å². The molecule has 9 nitrogen and oxygen atoms in total. The summed E-state index contributed by atoms with van der Waals surface area (Å²) in [6.07, 6.45) is 88.2. The maximum absolute atomic E-state index is 12.9. The number of ether oxygens (including phenoxy) is 2. The fourth-order valence-corrected chi connectivity index (χ4v) is 10.7. The molecule has 2 unspecified atom stereocenters. The number of quaternary nitrogens is 1. The van der Waals surface area contributed by atoms with Crippen LogP contribution in [0.3, 0.4) is 0 Å². The topological polar surface area (TPSA) is 111 Å². The highest BCUT2D eigenvalue weighted by molar-refractivity contribution is 7.45. The molecule has 488 valence electrons. The Labute approximate surface area is 520 Å². The van der Waals surface area contributed by atoms with Gasteiger partial charge in [0.25, 0.3) is 7.82 Å². The van der Waals surface area contributed by atoms with Gasteiger partial charge in [-0.05, 0) is 89.9 Å². The van der Waals surface area contributed by atoms with Gasteiger partial charge in [0.2, 0.25) is 0 Å². The molecule has 0 rings (SSSR count). The van der Waals surface area contributed by atoms with Crippen LogP contribution in [0.2, 0.25) is 0 Å². The second-order valence-corrected chi connectivity index (χ2v) is 26.3. The van der Waals surface area contributed by atoms with Crippen LogP contribution in [0.5, 0.6) is 0 Å². The molecule has 0 fully saturated rings. The molecular weight excluding hydrogens is 1060 g/mol. The minimum Gasteiger partial charge on any atom is -0.756 e. The van der Waals surface area contributed by atoms with Gasteiger partial charge in [-0.25, -0.2) is 0 Å². The van der Waals surface area contributed by atoms with Crippen molar-refractivity contribution in [2.24, 2.45) is 0 Å². The van der Waals surface area contributed by atoms with Gasteiger partial charge in [0, 0.05) is 12.8 Å². The molecule has 2 atom stereocenters. The highest BCUT2D eigenvalue weighted by Gasteiger charge is 2.22. The smallest absolute Gasteiger partial charge is 0.306 e. The van der Waals surface area contributed by atoms with Crippen LogP contribution in [-0.2, 0) is 32.7 Å². The predicted molar refractivity (Wildman–Crippen MR) is 360 cm³/mol. The van der Waals surface area contributed by atoms with E-state index in [0.717, 1.165) is 70.6 Å². The largest absolute Gasteiger partial charge is 0.756 e. The van der Waals surface area contributed by atoms with Crippen LogP contribution in [0.15, 0.2) is 85.1 Å². The number of hydrogen-bond acceptors (Lipinski definition) is 8. The molecule has 0 aromatic carbocycles. The number of allylic oxidation sites excluding steroid dienone is 14. The zero-order valence-corrected chi connectivity index (χ0v) is 56.5. The lowest BCUT2D eigenvalue weighted by Gasteiger charge is -2.28. The van der Waals surface area contributed by atoms with Gasteiger partial charge in [-0.3, -0.25) is 14.2 Å². The first kappa shape index (κ1) is 81.2. The summed E-state index contributed by atoms with van der Waals surface area (Å²) in [6.45, 7) is 4.13. The molecule has 10 heteroatoms. The van der Waals surface area contributed by atoms with E-state index in [0.29, 0.717) is 17.4 Å². The molecule has 0 saturated heterocycles. The first-order chi connectivity index (χ1) is 41.0. The van der Waals surface area contributed by atoms with Gasteiger partial charge >= 0.3 is 11.9 Å². The van der Waals surface area contributed by atoms with Crippen LogP contribution >= 0.6 is 7.82 Å². The van der Waals surface area contributed by atoms with Crippen molar-refractivity contribution in [3.63, 3.8) is 0 Å². The van der Waals surface area contributed by atoms with Gasteiger partial charge in [0.15, 0.2) is 6.10 Å². The Morgan fingerprint density at radius 3 is 1.01 bits per heavy atom. The van der Waals surface area contributed by atoms with E-state index in [-0.39, 0.29) is 32.0 Å². The summed E-state index contributed by atoms with van der Waals surface area (Å²) in [6, 6.07) is 0. The van der Waals surface area contributed by atoms with Gasteiger partial charge in [0.1, 0.15) is 19.8 Å². The Morgan fingerprint density at radius 1 is 0.381 bits per heavy atom. The predicted octanol–water partition coefficient (Wildman–Crippen LogP) is 22.3. The van der Waals surface area contributed by atoms with Crippen LogP contribution in [0.1, 0.15) is 322 Å². The van der Waals surface area contributed by atoms with Gasteiger partial charge < -0.3 is 27.9 Å². The molecule has 0 aromatic heterocycles. The second kappa shape index (κ2) is 64.7. The highest BCUT2D eigenvalue weighted by Crippen LogP contribution is 2.38. The molecule has 0 N–H and O–H groups in total. The van der Waals surface area contributed by atoms with Gasteiger partial charge in [-0.2, -0.15) is 0 Å². The molecule has 0 heterocycles. The van der Waals surface area contributed by atoms with Crippen molar-refractivity contribution >= 4 is 19.8 Å². The Balaban J connectivity index is 3.91. The second-order valence-electron chi connectivity index (χ2n) is 24.9. The first-order valence-electron chi connectivity index (χ1n) is 35.3. The summed E-state index contributed by atoms with van der Waals surface area (Å²) in [5.74, 6) is -0.826. The number of phosphoric acid groups is 1. The summed E-state index contributed by atoms with van der Waals surface area (Å²) in [4.78, 5) is 38.0. The van der Waals surface area contributed by atoms with Crippen molar-refractivity contribution < 1.29 is 42.1 Å². The Hall–Kier alpha value is -2.81. The third-order valence-corrected chi connectivity index (χ3v) is 16.4. The fourth-order valence-electron chi connectivity index (χ4n) is 10.0. The molecule has 0 aromatic rings. The average Bonchev–Trinajstić information content (AvgIpc) is 3.61. The van der Waals surface area contributed by atoms with Crippen LogP contribution in [0.4, 0.5) is 0 Å². The van der Waals surface area contributed by atoms with E-state index in [2.05, 4.69) is 98.9 Å². The van der Waals surface area contributed by atoms with E-state index < -0.39 is 26.5 Å². The number of unbranched alkanes of at least 4 members (excludes halogenated alkanes) is 37. The maximum Gasteiger partial charge on any atom is 0.306 e. The molecule has 0 amide bonds. The molecule has 0 aliphatic rings. The summed E-state index contributed by atoms with van der Waals surface area (Å²) in [5.41, 5.74) is 0. The molecule has 84 heavy (non-hydrogen) atoms. The molecule has 0 aliphatic carbocycles. The fraction of sp³-hybridized carbons (Fsp3) is 0.784. The summed E-state index contributed by atoms with van der Waals surface area (Å²) < 4.78 is 34.3. The SMILES string of the molecule is CC/C=C\C/C=C\C/C=C\C/C=C\C/C=C\CCCCCCCCCCCCCCCCCCCCCCCCCCCC(=O)OC(COC(=O)CCCCCCCCCCC/C=C\C/C=C\CCCCC)COP(=O)([O-])OCC[N+](C)(C)C. The van der Waals surface area contributed by atoms with E-state index in [4.69, 9.17) is 18.5 Å². The number of phosphoric ester groups is 1. The van der Waals surface area contributed by atoms with Gasteiger partial charge in [-0.15, -0.1) is 0 Å². The number of carbonyl (C=O) groups is 2. The minimum absolute atomic E-state index is 0.0315. The number of nitrogens with zero attached hydrogens (tertiary/aromatic N) is 1. The van der Waals surface area contributed by atoms with E-state index in [9.17, 15) is 19.0 Å². The lowest BCUT2D eigenvalue weighted by Crippen LogP contribution is -2.37. The molecule has 0 radical (unpaired) electrons. The summed E-state index contributed by atoms with van der Waals surface area (Å²) in [5, 5.41) is 0. The van der Waals surface area contributed by atoms with Crippen LogP contribution in [0.25, 0.3) is 0 Å². The Bertz CT molecular complexity index is 1690. The van der Waals surface area contributed by atoms with Crippen molar-refractivity contribution in [2.75, 3.05) is 47.5 Å². The highest BCUT2D eigenvalue weighted by atomic mass is 31.2. The van der Waals surface area contributed by atoms with E-state index in [1.807, 2.05) is 21.1 Å². The summed E-state index contributed by atoms with van der Waals surface area (Å²) >= 11 is 0. The molecular formula is C74H134NO8P. The number of likely N-dealkylation sites (N-methyl/N-ethyl adjacent to an activating group) is 1. The standard InChI is InChI=1S/C74H134NO8P/c1-6-8-10-12-14-16-18-20-22-24-26-27-28-29-30-31-32-33-34-35-36-37-38-39-40-41-42-43-44-45-46-47-49-51-53-55-57-59-61-63-65-67-74(77)83-72(71-82-84(78,79)81-69-68-75(3,4)5)70-80-73(76)66-64-62-60-58-56-54-52-50-48-25-23-21-19-17-15-13-11-9-7-2/h8,10,14-17,20-23,26-27,29-30,72H,6-7,9,11-13,18-19,24-25,28,31-71H2,1-5H3/b10-8-,16-14-,17-15-,22-20-,23-21-,27-26-,30-29-. The molecule has 0 saturated carbocycles. The van der Waals surface area contributed by atoms with Crippen molar-refractivity contribution in [1.29, 1.82) is 0 Å². The third-order valence-electron chi connectivity index (χ3n) is 15.4.